The van der Waals surface area contributed by atoms with Gasteiger partial charge >= 0.3 is 0 Å². The van der Waals surface area contributed by atoms with Crippen LogP contribution in [-0.2, 0) is 6.61 Å². The molecular weight excluding hydrogens is 232 g/mol. The number of nitrogens with zero attached hydrogens (tertiary/aromatic N) is 1. The number of methoxy groups -OCH3 is 1. The fourth-order valence-electron chi connectivity index (χ4n) is 1.49. The van der Waals surface area contributed by atoms with Gasteiger partial charge in [-0.05, 0) is 23.8 Å². The summed E-state index contributed by atoms with van der Waals surface area (Å²) in [7, 11) is 1.54. The van der Waals surface area contributed by atoms with Crippen molar-refractivity contribution in [3.8, 4) is 17.4 Å². The van der Waals surface area contributed by atoms with Crippen LogP contribution in [0.25, 0.3) is 0 Å². The molecule has 5 heteroatoms. The molecule has 1 aromatic carbocycles. The minimum Gasteiger partial charge on any atom is -0.493 e. The first-order chi connectivity index (χ1) is 8.72. The van der Waals surface area contributed by atoms with Gasteiger partial charge in [0.2, 0.25) is 5.88 Å². The number of hydrogen-bond donors (Lipinski definition) is 2. The number of ether oxygens (including phenoxy) is 2. The quantitative estimate of drug-likeness (QED) is 0.862. The molecule has 0 bridgehead atoms. The summed E-state index contributed by atoms with van der Waals surface area (Å²) in [6.45, 7) is -0.0484. The van der Waals surface area contributed by atoms with E-state index in [4.69, 9.17) is 20.3 Å². The molecule has 5 nitrogen and oxygen atoms in total. The molecule has 3 N–H and O–H groups in total. The summed E-state index contributed by atoms with van der Waals surface area (Å²) >= 11 is 0. The van der Waals surface area contributed by atoms with Gasteiger partial charge in [0.15, 0.2) is 11.5 Å². The molecule has 2 rings (SSSR count). The second-order valence-electron chi connectivity index (χ2n) is 3.65. The summed E-state index contributed by atoms with van der Waals surface area (Å²) in [5.74, 6) is 1.84. The lowest BCUT2D eigenvalue weighted by Crippen LogP contribution is -1.95. The van der Waals surface area contributed by atoms with Crippen LogP contribution in [0.15, 0.2) is 36.4 Å². The molecule has 18 heavy (non-hydrogen) atoms. The smallest absolute Gasteiger partial charge is 0.221 e. The number of hydrogen-bond acceptors (Lipinski definition) is 5. The van der Waals surface area contributed by atoms with Crippen molar-refractivity contribution >= 4 is 5.82 Å². The molecule has 0 aliphatic carbocycles. The molecule has 0 aliphatic heterocycles. The van der Waals surface area contributed by atoms with Gasteiger partial charge in [-0.3, -0.25) is 0 Å². The van der Waals surface area contributed by atoms with E-state index in [0.29, 0.717) is 23.2 Å². The zero-order valence-corrected chi connectivity index (χ0v) is 9.96. The molecule has 0 amide bonds. The minimum absolute atomic E-state index is 0.0484. The summed E-state index contributed by atoms with van der Waals surface area (Å²) in [6, 6.07) is 10.3. The van der Waals surface area contributed by atoms with Gasteiger partial charge in [0.05, 0.1) is 13.7 Å². The number of nitrogens with two attached hydrogens (primary N) is 1. The third-order valence-electron chi connectivity index (χ3n) is 2.37. The predicted octanol–water partition coefficient (Wildman–Crippen LogP) is 1.96. The van der Waals surface area contributed by atoms with Crippen molar-refractivity contribution in [2.45, 2.75) is 6.61 Å². The van der Waals surface area contributed by atoms with Crippen molar-refractivity contribution in [3.05, 3.63) is 42.0 Å². The Morgan fingerprint density at radius 3 is 2.72 bits per heavy atom. The first-order valence-corrected chi connectivity index (χ1v) is 5.41. The van der Waals surface area contributed by atoms with Crippen molar-refractivity contribution in [1.82, 2.24) is 4.98 Å². The van der Waals surface area contributed by atoms with E-state index in [1.807, 2.05) is 0 Å². The summed E-state index contributed by atoms with van der Waals surface area (Å²) in [5.41, 5.74) is 6.32. The highest BCUT2D eigenvalue weighted by Gasteiger charge is 2.07. The average molecular weight is 246 g/mol. The van der Waals surface area contributed by atoms with Gasteiger partial charge in [0.1, 0.15) is 5.82 Å². The van der Waals surface area contributed by atoms with Crippen LogP contribution in [0, 0.1) is 0 Å². The summed E-state index contributed by atoms with van der Waals surface area (Å²) < 4.78 is 10.8. The van der Waals surface area contributed by atoms with Crippen LogP contribution in [0.5, 0.6) is 17.4 Å². The molecule has 94 valence electrons. The number of aromatic nitrogens is 1. The van der Waals surface area contributed by atoms with Crippen LogP contribution in [0.3, 0.4) is 0 Å². The Morgan fingerprint density at radius 2 is 2.06 bits per heavy atom. The van der Waals surface area contributed by atoms with Crippen molar-refractivity contribution in [1.29, 1.82) is 0 Å². The standard InChI is InChI=1S/C13H14N2O3/c1-17-11-7-9(8-16)5-6-10(11)18-13-4-2-3-12(14)15-13/h2-7,16H,8H2,1H3,(H2,14,15). The normalized spacial score (nSPS) is 10.1. The highest BCUT2D eigenvalue weighted by Crippen LogP contribution is 2.31. The fraction of sp³-hybridized carbons (Fsp3) is 0.154. The number of rotatable bonds is 4. The van der Waals surface area contributed by atoms with Gasteiger partial charge in [-0.15, -0.1) is 0 Å². The number of aliphatic hydroxyl groups is 1. The van der Waals surface area contributed by atoms with E-state index in [2.05, 4.69) is 4.98 Å². The monoisotopic (exact) mass is 246 g/mol. The van der Waals surface area contributed by atoms with Gasteiger partial charge < -0.3 is 20.3 Å². The van der Waals surface area contributed by atoms with Gasteiger partial charge in [0.25, 0.3) is 0 Å². The van der Waals surface area contributed by atoms with Crippen molar-refractivity contribution in [2.24, 2.45) is 0 Å². The highest BCUT2D eigenvalue weighted by atomic mass is 16.5. The summed E-state index contributed by atoms with van der Waals surface area (Å²) in [6.07, 6.45) is 0. The summed E-state index contributed by atoms with van der Waals surface area (Å²) in [4.78, 5) is 4.04. The van der Waals surface area contributed by atoms with Crippen LogP contribution >= 0.6 is 0 Å². The van der Waals surface area contributed by atoms with E-state index < -0.39 is 0 Å². The van der Waals surface area contributed by atoms with E-state index in [1.54, 1.807) is 36.4 Å². The number of anilines is 1. The zero-order chi connectivity index (χ0) is 13.0. The Hall–Kier alpha value is -2.27. The Balaban J connectivity index is 2.28. The van der Waals surface area contributed by atoms with E-state index in [-0.39, 0.29) is 6.61 Å². The molecule has 1 heterocycles. The van der Waals surface area contributed by atoms with Crippen LogP contribution in [0.1, 0.15) is 5.56 Å². The molecule has 0 radical (unpaired) electrons. The van der Waals surface area contributed by atoms with E-state index in [0.717, 1.165) is 5.56 Å². The fourth-order valence-corrected chi connectivity index (χ4v) is 1.49. The van der Waals surface area contributed by atoms with Crippen molar-refractivity contribution in [2.75, 3.05) is 12.8 Å². The predicted molar refractivity (Wildman–Crippen MR) is 67.6 cm³/mol. The van der Waals surface area contributed by atoms with Crippen LogP contribution in [0.2, 0.25) is 0 Å². The van der Waals surface area contributed by atoms with Crippen molar-refractivity contribution in [3.63, 3.8) is 0 Å². The van der Waals surface area contributed by atoms with Crippen LogP contribution in [0.4, 0.5) is 5.82 Å². The van der Waals surface area contributed by atoms with Crippen LogP contribution in [-0.4, -0.2) is 17.2 Å². The molecule has 0 unspecified atom stereocenters. The molecule has 0 fully saturated rings. The Bertz CT molecular complexity index is 544. The lowest BCUT2D eigenvalue weighted by molar-refractivity contribution is 0.280. The highest BCUT2D eigenvalue weighted by molar-refractivity contribution is 5.45. The first-order valence-electron chi connectivity index (χ1n) is 5.41. The minimum atomic E-state index is -0.0484. The lowest BCUT2D eigenvalue weighted by atomic mass is 10.2. The van der Waals surface area contributed by atoms with Gasteiger partial charge in [-0.25, -0.2) is 0 Å². The van der Waals surface area contributed by atoms with Crippen LogP contribution < -0.4 is 15.2 Å². The maximum atomic E-state index is 9.05. The molecule has 1 aromatic heterocycles. The van der Waals surface area contributed by atoms with E-state index >= 15 is 0 Å². The molecule has 0 saturated heterocycles. The molecule has 0 saturated carbocycles. The van der Waals surface area contributed by atoms with Gasteiger partial charge in [-0.2, -0.15) is 4.98 Å². The van der Waals surface area contributed by atoms with Crippen molar-refractivity contribution < 1.29 is 14.6 Å². The van der Waals surface area contributed by atoms with E-state index in [1.165, 1.54) is 7.11 Å². The molecular formula is C13H14N2O3. The maximum Gasteiger partial charge on any atom is 0.221 e. The average Bonchev–Trinajstić information content (AvgIpc) is 2.39. The number of nitrogen functional groups attached to an aromatic ring is 1. The van der Waals surface area contributed by atoms with E-state index in [9.17, 15) is 0 Å². The maximum absolute atomic E-state index is 9.05. The molecule has 2 aromatic rings. The Kier molecular flexibility index (Phi) is 3.64. The first kappa shape index (κ1) is 12.2. The second-order valence-corrected chi connectivity index (χ2v) is 3.65. The molecule has 0 spiro atoms. The molecule has 0 aliphatic rings. The molecule has 0 atom stereocenters. The Morgan fingerprint density at radius 1 is 1.22 bits per heavy atom. The zero-order valence-electron chi connectivity index (χ0n) is 9.96. The lowest BCUT2D eigenvalue weighted by Gasteiger charge is -2.10. The Labute approximate surface area is 105 Å². The topological polar surface area (TPSA) is 77.6 Å². The van der Waals surface area contributed by atoms with Gasteiger partial charge in [-0.1, -0.05) is 12.1 Å². The largest absolute Gasteiger partial charge is 0.493 e. The third kappa shape index (κ3) is 2.70. The number of benzene rings is 1. The number of aliphatic hydroxyl groups excluding tert-OH is 1. The second kappa shape index (κ2) is 5.37. The number of pyridine rings is 1. The SMILES string of the molecule is COc1cc(CO)ccc1Oc1cccc(N)n1. The summed E-state index contributed by atoms with van der Waals surface area (Å²) in [5, 5.41) is 9.05. The van der Waals surface area contributed by atoms with Gasteiger partial charge in [0, 0.05) is 6.07 Å². The third-order valence-corrected chi connectivity index (χ3v) is 2.37.